The highest BCUT2D eigenvalue weighted by Crippen LogP contribution is 2.24. The Morgan fingerprint density at radius 2 is 2.19 bits per heavy atom. The monoisotopic (exact) mass is 283 g/mol. The van der Waals surface area contributed by atoms with Gasteiger partial charge in [-0.05, 0) is 32.3 Å². The van der Waals surface area contributed by atoms with Crippen LogP contribution in [0.25, 0.3) is 11.5 Å². The van der Waals surface area contributed by atoms with Crippen LogP contribution in [-0.2, 0) is 0 Å². The topological polar surface area (TPSA) is 69.2 Å². The fourth-order valence-corrected chi connectivity index (χ4v) is 2.50. The maximum absolute atomic E-state index is 8.95. The molecule has 1 aromatic heterocycles. The van der Waals surface area contributed by atoms with E-state index in [2.05, 4.69) is 40.1 Å². The SMILES string of the molecule is CN1CCN(C)C(c2noc(-c3cccc(C#N)c3)n2)C1. The Kier molecular flexibility index (Phi) is 3.69. The third-order valence-corrected chi connectivity index (χ3v) is 3.83. The first kappa shape index (κ1) is 13.7. The van der Waals surface area contributed by atoms with Gasteiger partial charge in [0.2, 0.25) is 0 Å². The molecule has 108 valence electrons. The number of benzene rings is 1. The molecule has 0 saturated carbocycles. The molecule has 0 N–H and O–H groups in total. The maximum atomic E-state index is 8.95. The molecule has 1 aliphatic rings. The average Bonchev–Trinajstić information content (AvgIpc) is 2.99. The number of piperazine rings is 1. The lowest BCUT2D eigenvalue weighted by Crippen LogP contribution is -2.45. The molecule has 21 heavy (non-hydrogen) atoms. The van der Waals surface area contributed by atoms with Crippen molar-refractivity contribution in [2.45, 2.75) is 6.04 Å². The Labute approximate surface area is 123 Å². The molecule has 1 fully saturated rings. The first-order valence-electron chi connectivity index (χ1n) is 6.90. The zero-order chi connectivity index (χ0) is 14.8. The molecule has 0 aliphatic carbocycles. The van der Waals surface area contributed by atoms with E-state index in [9.17, 15) is 0 Å². The normalized spacial score (nSPS) is 20.3. The number of rotatable bonds is 2. The predicted molar refractivity (Wildman–Crippen MR) is 77.3 cm³/mol. The molecule has 0 bridgehead atoms. The van der Waals surface area contributed by atoms with E-state index in [-0.39, 0.29) is 6.04 Å². The second kappa shape index (κ2) is 5.64. The van der Waals surface area contributed by atoms with E-state index in [4.69, 9.17) is 9.78 Å². The van der Waals surface area contributed by atoms with Crippen LogP contribution in [0.3, 0.4) is 0 Å². The second-order valence-corrected chi connectivity index (χ2v) is 5.41. The van der Waals surface area contributed by atoms with Crippen molar-refractivity contribution in [1.29, 1.82) is 5.26 Å². The molecule has 0 amide bonds. The van der Waals surface area contributed by atoms with Crippen molar-refractivity contribution in [3.8, 4) is 17.5 Å². The van der Waals surface area contributed by atoms with Crippen LogP contribution in [0.5, 0.6) is 0 Å². The van der Waals surface area contributed by atoms with Crippen LogP contribution in [0.15, 0.2) is 28.8 Å². The van der Waals surface area contributed by atoms with Crippen LogP contribution < -0.4 is 0 Å². The number of hydrogen-bond donors (Lipinski definition) is 0. The molecule has 0 spiro atoms. The zero-order valence-electron chi connectivity index (χ0n) is 12.2. The molecule has 1 aliphatic heterocycles. The fraction of sp³-hybridized carbons (Fsp3) is 0.400. The zero-order valence-corrected chi connectivity index (χ0v) is 12.2. The summed E-state index contributed by atoms with van der Waals surface area (Å²) in [5.74, 6) is 1.16. The van der Waals surface area contributed by atoms with Gasteiger partial charge >= 0.3 is 0 Å². The van der Waals surface area contributed by atoms with E-state index in [1.165, 1.54) is 0 Å². The predicted octanol–water partition coefficient (Wildman–Crippen LogP) is 1.53. The fourth-order valence-electron chi connectivity index (χ4n) is 2.50. The molecule has 1 saturated heterocycles. The van der Waals surface area contributed by atoms with Crippen LogP contribution in [-0.4, -0.2) is 53.7 Å². The number of likely N-dealkylation sites (N-methyl/N-ethyl adjacent to an activating group) is 2. The summed E-state index contributed by atoms with van der Waals surface area (Å²) in [6, 6.07) is 9.45. The van der Waals surface area contributed by atoms with Crippen LogP contribution in [0.2, 0.25) is 0 Å². The number of aromatic nitrogens is 2. The van der Waals surface area contributed by atoms with Gasteiger partial charge < -0.3 is 9.42 Å². The maximum Gasteiger partial charge on any atom is 0.258 e. The van der Waals surface area contributed by atoms with Gasteiger partial charge in [0.05, 0.1) is 17.7 Å². The number of nitrogens with zero attached hydrogens (tertiary/aromatic N) is 5. The summed E-state index contributed by atoms with van der Waals surface area (Å²) < 4.78 is 5.37. The van der Waals surface area contributed by atoms with Gasteiger partial charge in [0.15, 0.2) is 5.82 Å². The van der Waals surface area contributed by atoms with Gasteiger partial charge in [0, 0.05) is 25.2 Å². The summed E-state index contributed by atoms with van der Waals surface area (Å²) in [6.45, 7) is 2.91. The molecule has 2 aromatic rings. The van der Waals surface area contributed by atoms with Crippen LogP contribution in [0, 0.1) is 11.3 Å². The van der Waals surface area contributed by atoms with Gasteiger partial charge in [0.1, 0.15) is 0 Å². The molecule has 1 aromatic carbocycles. The van der Waals surface area contributed by atoms with E-state index in [0.717, 1.165) is 25.2 Å². The number of hydrogen-bond acceptors (Lipinski definition) is 6. The van der Waals surface area contributed by atoms with Crippen molar-refractivity contribution < 1.29 is 4.52 Å². The Balaban J connectivity index is 1.87. The Hall–Kier alpha value is -2.23. The lowest BCUT2D eigenvalue weighted by molar-refractivity contribution is 0.108. The highest BCUT2D eigenvalue weighted by molar-refractivity contribution is 5.56. The van der Waals surface area contributed by atoms with E-state index >= 15 is 0 Å². The standard InChI is InChI=1S/C15H17N5O/c1-19-6-7-20(2)13(10-19)14-17-15(21-18-14)12-5-3-4-11(8-12)9-16/h3-5,8,13H,6-7,10H2,1-2H3. The van der Waals surface area contributed by atoms with Gasteiger partial charge in [-0.3, -0.25) is 4.90 Å². The minimum absolute atomic E-state index is 0.139. The van der Waals surface area contributed by atoms with E-state index in [0.29, 0.717) is 17.3 Å². The molecule has 2 heterocycles. The molecular formula is C15H17N5O. The molecule has 0 radical (unpaired) electrons. The van der Waals surface area contributed by atoms with Crippen LogP contribution in [0.4, 0.5) is 0 Å². The molecule has 3 rings (SSSR count). The van der Waals surface area contributed by atoms with Crippen LogP contribution in [0.1, 0.15) is 17.4 Å². The summed E-state index contributed by atoms with van der Waals surface area (Å²) in [7, 11) is 4.17. The summed E-state index contributed by atoms with van der Waals surface area (Å²) in [6.07, 6.45) is 0. The minimum Gasteiger partial charge on any atom is -0.334 e. The van der Waals surface area contributed by atoms with Gasteiger partial charge in [-0.2, -0.15) is 10.2 Å². The Bertz CT molecular complexity index is 675. The highest BCUT2D eigenvalue weighted by Gasteiger charge is 2.28. The molecule has 1 unspecified atom stereocenters. The van der Waals surface area contributed by atoms with Gasteiger partial charge in [-0.1, -0.05) is 11.2 Å². The molecule has 1 atom stereocenters. The smallest absolute Gasteiger partial charge is 0.258 e. The Morgan fingerprint density at radius 3 is 3.00 bits per heavy atom. The summed E-state index contributed by atoms with van der Waals surface area (Å²) in [5.41, 5.74) is 1.36. The highest BCUT2D eigenvalue weighted by atomic mass is 16.5. The van der Waals surface area contributed by atoms with E-state index < -0.39 is 0 Å². The van der Waals surface area contributed by atoms with E-state index in [1.807, 2.05) is 12.1 Å². The molecular weight excluding hydrogens is 266 g/mol. The number of nitriles is 1. The average molecular weight is 283 g/mol. The van der Waals surface area contributed by atoms with Crippen molar-refractivity contribution >= 4 is 0 Å². The lowest BCUT2D eigenvalue weighted by Gasteiger charge is -2.35. The Morgan fingerprint density at radius 1 is 1.33 bits per heavy atom. The van der Waals surface area contributed by atoms with Crippen molar-refractivity contribution in [2.75, 3.05) is 33.7 Å². The minimum atomic E-state index is 0.139. The van der Waals surface area contributed by atoms with Gasteiger partial charge in [0.25, 0.3) is 5.89 Å². The van der Waals surface area contributed by atoms with Crippen LogP contribution >= 0.6 is 0 Å². The molecule has 6 nitrogen and oxygen atoms in total. The molecule has 6 heteroatoms. The largest absolute Gasteiger partial charge is 0.334 e. The van der Waals surface area contributed by atoms with Crippen molar-refractivity contribution in [1.82, 2.24) is 19.9 Å². The summed E-state index contributed by atoms with van der Waals surface area (Å²) in [5, 5.41) is 13.1. The van der Waals surface area contributed by atoms with E-state index in [1.54, 1.807) is 12.1 Å². The van der Waals surface area contributed by atoms with Crippen molar-refractivity contribution in [3.63, 3.8) is 0 Å². The van der Waals surface area contributed by atoms with Gasteiger partial charge in [-0.15, -0.1) is 0 Å². The van der Waals surface area contributed by atoms with Crippen molar-refractivity contribution in [2.24, 2.45) is 0 Å². The first-order chi connectivity index (χ1) is 10.2. The lowest BCUT2D eigenvalue weighted by atomic mass is 10.1. The summed E-state index contributed by atoms with van der Waals surface area (Å²) >= 11 is 0. The second-order valence-electron chi connectivity index (χ2n) is 5.41. The first-order valence-corrected chi connectivity index (χ1v) is 6.90. The van der Waals surface area contributed by atoms with Gasteiger partial charge in [-0.25, -0.2) is 0 Å². The van der Waals surface area contributed by atoms with Crippen molar-refractivity contribution in [3.05, 3.63) is 35.7 Å². The summed E-state index contributed by atoms with van der Waals surface area (Å²) in [4.78, 5) is 9.01. The third-order valence-electron chi connectivity index (χ3n) is 3.83. The third kappa shape index (κ3) is 2.79. The quantitative estimate of drug-likeness (QED) is 0.832.